The van der Waals surface area contributed by atoms with E-state index in [2.05, 4.69) is 12.2 Å². The van der Waals surface area contributed by atoms with Crippen LogP contribution in [0.3, 0.4) is 0 Å². The highest BCUT2D eigenvalue weighted by Gasteiger charge is 1.96. The molecule has 0 heterocycles. The predicted octanol–water partition coefficient (Wildman–Crippen LogP) is 1.84. The fraction of sp³-hybridized carbons (Fsp3) is 0.400. The minimum atomic E-state index is 0.255. The molecule has 66 valence electrons. The Morgan fingerprint density at radius 3 is 2.58 bits per heavy atom. The molecule has 1 rings (SSSR count). The van der Waals surface area contributed by atoms with Crippen LogP contribution in [-0.4, -0.2) is 12.6 Å². The van der Waals surface area contributed by atoms with Gasteiger partial charge in [0.25, 0.3) is 0 Å². The first-order valence-corrected chi connectivity index (χ1v) is 4.37. The molecular formula is C10H16N2. The summed E-state index contributed by atoms with van der Waals surface area (Å²) in [4.78, 5) is 0. The van der Waals surface area contributed by atoms with Crippen molar-refractivity contribution in [2.24, 2.45) is 5.73 Å². The Morgan fingerprint density at radius 2 is 2.00 bits per heavy atom. The maximum Gasteiger partial charge on any atom is 0.0340 e. The van der Waals surface area contributed by atoms with E-state index in [4.69, 9.17) is 5.73 Å². The minimum absolute atomic E-state index is 0.255. The molecule has 0 aliphatic carbocycles. The zero-order chi connectivity index (χ0) is 8.81. The van der Waals surface area contributed by atoms with Crippen LogP contribution in [0, 0.1) is 0 Å². The number of para-hydroxylation sites is 1. The quantitative estimate of drug-likeness (QED) is 0.712. The molecule has 0 spiro atoms. The Morgan fingerprint density at radius 1 is 1.33 bits per heavy atom. The van der Waals surface area contributed by atoms with Crippen LogP contribution in [0.1, 0.15) is 13.3 Å². The van der Waals surface area contributed by atoms with E-state index in [9.17, 15) is 0 Å². The zero-order valence-corrected chi connectivity index (χ0v) is 7.46. The van der Waals surface area contributed by atoms with Gasteiger partial charge in [0, 0.05) is 18.3 Å². The number of hydrogen-bond donors (Lipinski definition) is 2. The summed E-state index contributed by atoms with van der Waals surface area (Å²) in [6, 6.07) is 10.4. The van der Waals surface area contributed by atoms with Gasteiger partial charge in [0.1, 0.15) is 0 Å². The van der Waals surface area contributed by atoms with Gasteiger partial charge < -0.3 is 11.1 Å². The Kier molecular flexibility index (Phi) is 3.61. The van der Waals surface area contributed by atoms with E-state index in [0.717, 1.165) is 18.7 Å². The maximum atomic E-state index is 5.76. The number of nitrogens with two attached hydrogens (primary N) is 1. The number of anilines is 1. The monoisotopic (exact) mass is 164 g/mol. The second-order valence-electron chi connectivity index (χ2n) is 2.92. The fourth-order valence-corrected chi connectivity index (χ4v) is 0.949. The highest BCUT2D eigenvalue weighted by molar-refractivity contribution is 5.42. The predicted molar refractivity (Wildman–Crippen MR) is 53.2 cm³/mol. The lowest BCUT2D eigenvalue weighted by Crippen LogP contribution is -2.27. The molecule has 1 atom stereocenters. The number of nitrogens with one attached hydrogen (secondary N) is 1. The summed E-state index contributed by atoms with van der Waals surface area (Å²) in [6.45, 7) is 2.94. The first-order valence-electron chi connectivity index (χ1n) is 4.37. The van der Waals surface area contributed by atoms with Crippen LogP contribution >= 0.6 is 0 Å². The molecule has 0 aromatic heterocycles. The van der Waals surface area contributed by atoms with Crippen LogP contribution in [0.5, 0.6) is 0 Å². The molecule has 0 saturated heterocycles. The second-order valence-corrected chi connectivity index (χ2v) is 2.92. The normalized spacial score (nSPS) is 12.5. The third kappa shape index (κ3) is 2.93. The Balaban J connectivity index is 2.33. The third-order valence-corrected chi connectivity index (χ3v) is 1.87. The SMILES string of the molecule is CC[C@H](N)CNc1ccccc1. The lowest BCUT2D eigenvalue weighted by Gasteiger charge is -2.10. The van der Waals surface area contributed by atoms with Gasteiger partial charge in [-0.3, -0.25) is 0 Å². The summed E-state index contributed by atoms with van der Waals surface area (Å²) in [5, 5.41) is 3.27. The highest BCUT2D eigenvalue weighted by Crippen LogP contribution is 2.04. The Bertz CT molecular complexity index is 208. The van der Waals surface area contributed by atoms with E-state index >= 15 is 0 Å². The molecule has 0 amide bonds. The van der Waals surface area contributed by atoms with Crippen molar-refractivity contribution >= 4 is 5.69 Å². The third-order valence-electron chi connectivity index (χ3n) is 1.87. The molecule has 0 saturated carbocycles. The molecule has 1 aromatic carbocycles. The van der Waals surface area contributed by atoms with Crippen LogP contribution in [0.2, 0.25) is 0 Å². The molecule has 0 aliphatic rings. The molecule has 12 heavy (non-hydrogen) atoms. The van der Waals surface area contributed by atoms with Crippen LogP contribution < -0.4 is 11.1 Å². The van der Waals surface area contributed by atoms with E-state index in [1.54, 1.807) is 0 Å². The fourth-order valence-electron chi connectivity index (χ4n) is 0.949. The van der Waals surface area contributed by atoms with Gasteiger partial charge in [-0.1, -0.05) is 25.1 Å². The van der Waals surface area contributed by atoms with Crippen molar-refractivity contribution in [1.29, 1.82) is 0 Å². The Hall–Kier alpha value is -1.02. The van der Waals surface area contributed by atoms with Gasteiger partial charge in [-0.2, -0.15) is 0 Å². The van der Waals surface area contributed by atoms with Crippen molar-refractivity contribution < 1.29 is 0 Å². The molecule has 0 aliphatic heterocycles. The van der Waals surface area contributed by atoms with E-state index in [0.29, 0.717) is 0 Å². The summed E-state index contributed by atoms with van der Waals surface area (Å²) in [5.41, 5.74) is 6.90. The number of hydrogen-bond acceptors (Lipinski definition) is 2. The van der Waals surface area contributed by atoms with Crippen molar-refractivity contribution in [1.82, 2.24) is 0 Å². The standard InChI is InChI=1S/C10H16N2/c1-2-9(11)8-12-10-6-4-3-5-7-10/h3-7,9,12H,2,8,11H2,1H3/t9-/m0/s1. The lowest BCUT2D eigenvalue weighted by atomic mass is 10.2. The highest BCUT2D eigenvalue weighted by atomic mass is 14.9. The molecule has 0 unspecified atom stereocenters. The van der Waals surface area contributed by atoms with Gasteiger partial charge >= 0.3 is 0 Å². The average molecular weight is 164 g/mol. The van der Waals surface area contributed by atoms with E-state index in [1.807, 2.05) is 30.3 Å². The smallest absolute Gasteiger partial charge is 0.0340 e. The van der Waals surface area contributed by atoms with Gasteiger partial charge in [-0.05, 0) is 18.6 Å². The molecule has 0 radical (unpaired) electrons. The number of benzene rings is 1. The van der Waals surface area contributed by atoms with Crippen LogP contribution in [0.15, 0.2) is 30.3 Å². The maximum absolute atomic E-state index is 5.76. The average Bonchev–Trinajstić information content (AvgIpc) is 2.16. The van der Waals surface area contributed by atoms with E-state index in [1.165, 1.54) is 0 Å². The minimum Gasteiger partial charge on any atom is -0.383 e. The van der Waals surface area contributed by atoms with E-state index < -0.39 is 0 Å². The van der Waals surface area contributed by atoms with Crippen molar-refractivity contribution in [2.75, 3.05) is 11.9 Å². The first-order chi connectivity index (χ1) is 5.83. The first kappa shape index (κ1) is 9.07. The van der Waals surface area contributed by atoms with Gasteiger partial charge in [-0.25, -0.2) is 0 Å². The van der Waals surface area contributed by atoms with Crippen molar-refractivity contribution in [3.8, 4) is 0 Å². The van der Waals surface area contributed by atoms with Gasteiger partial charge in [-0.15, -0.1) is 0 Å². The van der Waals surface area contributed by atoms with Crippen LogP contribution in [-0.2, 0) is 0 Å². The zero-order valence-electron chi connectivity index (χ0n) is 7.46. The van der Waals surface area contributed by atoms with Gasteiger partial charge in [0.05, 0.1) is 0 Å². The van der Waals surface area contributed by atoms with Crippen LogP contribution in [0.4, 0.5) is 5.69 Å². The van der Waals surface area contributed by atoms with Crippen LogP contribution in [0.25, 0.3) is 0 Å². The summed E-state index contributed by atoms with van der Waals surface area (Å²) in [5.74, 6) is 0. The van der Waals surface area contributed by atoms with Gasteiger partial charge in [0.15, 0.2) is 0 Å². The summed E-state index contributed by atoms with van der Waals surface area (Å²) >= 11 is 0. The topological polar surface area (TPSA) is 38.0 Å². The summed E-state index contributed by atoms with van der Waals surface area (Å²) in [6.07, 6.45) is 1.01. The summed E-state index contributed by atoms with van der Waals surface area (Å²) in [7, 11) is 0. The lowest BCUT2D eigenvalue weighted by molar-refractivity contribution is 0.679. The van der Waals surface area contributed by atoms with Crippen molar-refractivity contribution in [3.63, 3.8) is 0 Å². The van der Waals surface area contributed by atoms with Crippen molar-refractivity contribution in [2.45, 2.75) is 19.4 Å². The van der Waals surface area contributed by atoms with Crippen molar-refractivity contribution in [3.05, 3.63) is 30.3 Å². The molecule has 2 nitrogen and oxygen atoms in total. The Labute approximate surface area is 73.8 Å². The summed E-state index contributed by atoms with van der Waals surface area (Å²) < 4.78 is 0. The largest absolute Gasteiger partial charge is 0.383 e. The molecule has 1 aromatic rings. The molecular weight excluding hydrogens is 148 g/mol. The molecule has 2 heteroatoms. The van der Waals surface area contributed by atoms with Gasteiger partial charge in [0.2, 0.25) is 0 Å². The second kappa shape index (κ2) is 4.78. The number of rotatable bonds is 4. The molecule has 0 bridgehead atoms. The molecule has 0 fully saturated rings. The van der Waals surface area contributed by atoms with E-state index in [-0.39, 0.29) is 6.04 Å². The molecule has 3 N–H and O–H groups in total.